The number of carbonyl (C=O) groups excluding carboxylic acids is 2. The molecule has 0 saturated carbocycles. The minimum Gasteiger partial charge on any atom is -0.338 e. The summed E-state index contributed by atoms with van der Waals surface area (Å²) in [5.74, 6) is 0.323. The smallest absolute Gasteiger partial charge is 0.317 e. The molecule has 3 fully saturated rings. The van der Waals surface area contributed by atoms with Crippen LogP contribution in [0.15, 0.2) is 24.4 Å². The van der Waals surface area contributed by atoms with Gasteiger partial charge in [-0.3, -0.25) is 9.78 Å². The van der Waals surface area contributed by atoms with Gasteiger partial charge in [-0.25, -0.2) is 4.79 Å². The Kier molecular flexibility index (Phi) is 4.27. The van der Waals surface area contributed by atoms with Gasteiger partial charge in [0.1, 0.15) is 5.69 Å². The molecule has 3 aliphatic rings. The minimum absolute atomic E-state index is 0.00987. The van der Waals surface area contributed by atoms with Gasteiger partial charge in [-0.2, -0.15) is 0 Å². The quantitative estimate of drug-likeness (QED) is 0.897. The van der Waals surface area contributed by atoms with Gasteiger partial charge < -0.3 is 15.1 Å². The summed E-state index contributed by atoms with van der Waals surface area (Å²) in [6, 6.07) is 5.48. The zero-order valence-electron chi connectivity index (χ0n) is 12.9. The van der Waals surface area contributed by atoms with Crippen molar-refractivity contribution in [3.63, 3.8) is 0 Å². The second kappa shape index (κ2) is 6.34. The van der Waals surface area contributed by atoms with E-state index in [1.165, 1.54) is 0 Å². The molecule has 0 aliphatic carbocycles. The Labute approximate surface area is 130 Å². The summed E-state index contributed by atoms with van der Waals surface area (Å²) in [4.78, 5) is 32.7. The lowest BCUT2D eigenvalue weighted by atomic mass is 9.95. The van der Waals surface area contributed by atoms with E-state index in [0.29, 0.717) is 31.2 Å². The fourth-order valence-electron chi connectivity index (χ4n) is 3.40. The fourth-order valence-corrected chi connectivity index (χ4v) is 3.40. The van der Waals surface area contributed by atoms with Gasteiger partial charge in [0.05, 0.1) is 6.04 Å². The van der Waals surface area contributed by atoms with Crippen molar-refractivity contribution in [2.24, 2.45) is 5.92 Å². The maximum absolute atomic E-state index is 12.6. The van der Waals surface area contributed by atoms with Gasteiger partial charge in [0.2, 0.25) is 0 Å². The van der Waals surface area contributed by atoms with E-state index >= 15 is 0 Å². The first-order valence-corrected chi connectivity index (χ1v) is 7.93. The lowest BCUT2D eigenvalue weighted by Gasteiger charge is -2.35. The number of fused-ring (bicyclic) bond motifs is 4. The monoisotopic (exact) mass is 302 g/mol. The first-order valence-electron chi connectivity index (χ1n) is 7.93. The second-order valence-corrected chi connectivity index (χ2v) is 6.01. The van der Waals surface area contributed by atoms with Gasteiger partial charge in [0, 0.05) is 32.4 Å². The number of hydrogen-bond acceptors (Lipinski definition) is 3. The number of aromatic nitrogens is 1. The maximum atomic E-state index is 12.6. The number of hydrogen-bond donors (Lipinski definition) is 1. The fraction of sp³-hybridized carbons (Fsp3) is 0.562. The van der Waals surface area contributed by atoms with Gasteiger partial charge >= 0.3 is 6.03 Å². The number of piperidine rings is 1. The Hall–Kier alpha value is -2.11. The van der Waals surface area contributed by atoms with Gasteiger partial charge in [0.25, 0.3) is 5.91 Å². The maximum Gasteiger partial charge on any atom is 0.317 e. The molecule has 3 amide bonds. The van der Waals surface area contributed by atoms with Crippen LogP contribution in [0.4, 0.5) is 4.79 Å². The third-order valence-corrected chi connectivity index (χ3v) is 4.47. The topological polar surface area (TPSA) is 65.5 Å². The number of carbonyl (C=O) groups is 2. The van der Waals surface area contributed by atoms with Crippen LogP contribution >= 0.6 is 0 Å². The number of rotatable bonds is 2. The highest BCUT2D eigenvalue weighted by molar-refractivity contribution is 5.92. The molecule has 2 unspecified atom stereocenters. The average molecular weight is 302 g/mol. The zero-order chi connectivity index (χ0) is 15.5. The summed E-state index contributed by atoms with van der Waals surface area (Å²) < 4.78 is 0. The molecule has 118 valence electrons. The highest BCUT2D eigenvalue weighted by atomic mass is 16.2. The molecule has 3 saturated heterocycles. The lowest BCUT2D eigenvalue weighted by Crippen LogP contribution is -2.51. The van der Waals surface area contributed by atoms with Crippen molar-refractivity contribution in [1.82, 2.24) is 20.1 Å². The molecule has 2 atom stereocenters. The average Bonchev–Trinajstić information content (AvgIpc) is 2.87. The van der Waals surface area contributed by atoms with Crippen LogP contribution in [0.1, 0.15) is 30.3 Å². The van der Waals surface area contributed by atoms with E-state index in [2.05, 4.69) is 10.3 Å². The predicted octanol–water partition coefficient (Wildman–Crippen LogP) is 1.35. The second-order valence-electron chi connectivity index (χ2n) is 6.01. The number of nitrogens with one attached hydrogen (secondary N) is 1. The molecule has 6 nitrogen and oxygen atoms in total. The van der Waals surface area contributed by atoms with Crippen LogP contribution in [0.25, 0.3) is 0 Å². The van der Waals surface area contributed by atoms with E-state index in [4.69, 9.17) is 0 Å². The lowest BCUT2D eigenvalue weighted by molar-refractivity contribution is 0.0736. The number of urea groups is 1. The molecule has 2 bridgehead atoms. The van der Waals surface area contributed by atoms with E-state index in [-0.39, 0.29) is 18.0 Å². The Morgan fingerprint density at radius 1 is 1.27 bits per heavy atom. The van der Waals surface area contributed by atoms with E-state index in [1.807, 2.05) is 22.8 Å². The van der Waals surface area contributed by atoms with Crippen LogP contribution < -0.4 is 5.32 Å². The predicted molar refractivity (Wildman–Crippen MR) is 82.4 cm³/mol. The Balaban J connectivity index is 1.75. The molecular formula is C16H22N4O2. The molecule has 1 aromatic rings. The van der Waals surface area contributed by atoms with Crippen molar-refractivity contribution in [1.29, 1.82) is 0 Å². The molecular weight excluding hydrogens is 280 g/mol. The van der Waals surface area contributed by atoms with Crippen molar-refractivity contribution in [3.05, 3.63) is 30.1 Å². The summed E-state index contributed by atoms with van der Waals surface area (Å²) in [5, 5.41) is 2.87. The van der Waals surface area contributed by atoms with Crippen LogP contribution in [-0.2, 0) is 0 Å². The Morgan fingerprint density at radius 2 is 2.14 bits per heavy atom. The van der Waals surface area contributed by atoms with Crippen LogP contribution in [0.3, 0.4) is 0 Å². The van der Waals surface area contributed by atoms with Crippen molar-refractivity contribution >= 4 is 11.9 Å². The highest BCUT2D eigenvalue weighted by Gasteiger charge is 2.38. The van der Waals surface area contributed by atoms with E-state index in [9.17, 15) is 9.59 Å². The van der Waals surface area contributed by atoms with Gasteiger partial charge in [-0.15, -0.1) is 0 Å². The number of nitrogens with zero attached hydrogens (tertiary/aromatic N) is 3. The van der Waals surface area contributed by atoms with Crippen molar-refractivity contribution in [2.75, 3.05) is 26.2 Å². The zero-order valence-corrected chi connectivity index (χ0v) is 12.9. The van der Waals surface area contributed by atoms with Gasteiger partial charge in [0.15, 0.2) is 0 Å². The summed E-state index contributed by atoms with van der Waals surface area (Å²) in [7, 11) is 0. The van der Waals surface area contributed by atoms with E-state index in [0.717, 1.165) is 19.4 Å². The first-order chi connectivity index (χ1) is 10.7. The molecule has 0 radical (unpaired) electrons. The van der Waals surface area contributed by atoms with Crippen molar-refractivity contribution < 1.29 is 9.59 Å². The molecule has 1 N–H and O–H groups in total. The summed E-state index contributed by atoms with van der Waals surface area (Å²) in [6.45, 7) is 4.60. The molecule has 4 heterocycles. The van der Waals surface area contributed by atoms with E-state index < -0.39 is 0 Å². The van der Waals surface area contributed by atoms with Gasteiger partial charge in [-0.1, -0.05) is 6.07 Å². The summed E-state index contributed by atoms with van der Waals surface area (Å²) >= 11 is 0. The molecule has 0 aromatic carbocycles. The molecule has 0 spiro atoms. The largest absolute Gasteiger partial charge is 0.338 e. The molecule has 6 heteroatoms. The normalized spacial score (nSPS) is 24.0. The van der Waals surface area contributed by atoms with Gasteiger partial charge in [-0.05, 0) is 37.8 Å². The Bertz CT molecular complexity index is 548. The summed E-state index contributed by atoms with van der Waals surface area (Å²) in [5.41, 5.74) is 0.480. The highest BCUT2D eigenvalue weighted by Crippen LogP contribution is 2.28. The van der Waals surface area contributed by atoms with Crippen LogP contribution in [0.2, 0.25) is 0 Å². The number of amides is 3. The SMILES string of the molecule is CCNC(=O)N1CC2CCC1CN(C(=O)c1ccccn1)C2. The molecule has 3 aliphatic heterocycles. The first kappa shape index (κ1) is 14.8. The van der Waals surface area contributed by atoms with Crippen LogP contribution in [-0.4, -0.2) is 58.9 Å². The van der Waals surface area contributed by atoms with E-state index in [1.54, 1.807) is 18.3 Å². The molecule has 22 heavy (non-hydrogen) atoms. The molecule has 4 rings (SSSR count). The third-order valence-electron chi connectivity index (χ3n) is 4.47. The molecule has 1 aromatic heterocycles. The summed E-state index contributed by atoms with van der Waals surface area (Å²) in [6.07, 6.45) is 3.68. The minimum atomic E-state index is -0.0322. The Morgan fingerprint density at radius 3 is 2.86 bits per heavy atom. The van der Waals surface area contributed by atoms with Crippen LogP contribution in [0, 0.1) is 5.92 Å². The third kappa shape index (κ3) is 2.91. The van der Waals surface area contributed by atoms with Crippen molar-refractivity contribution in [3.8, 4) is 0 Å². The van der Waals surface area contributed by atoms with Crippen molar-refractivity contribution in [2.45, 2.75) is 25.8 Å². The number of pyridine rings is 1. The van der Waals surface area contributed by atoms with Crippen LogP contribution in [0.5, 0.6) is 0 Å². The standard InChI is InChI=1S/C16H22N4O2/c1-2-17-16(22)20-10-12-6-7-13(20)11-19(9-12)15(21)14-5-3-4-8-18-14/h3-5,8,12-13H,2,6-7,9-11H2,1H3,(H,17,22).